The first-order valence-electron chi connectivity index (χ1n) is 2.30. The van der Waals surface area contributed by atoms with Gasteiger partial charge in [0.1, 0.15) is 0 Å². The maximum Gasteiger partial charge on any atom is 2.00 e. The van der Waals surface area contributed by atoms with Gasteiger partial charge >= 0.3 is 23.1 Å². The van der Waals surface area contributed by atoms with Crippen LogP contribution in [0.25, 0.3) is 0 Å². The van der Waals surface area contributed by atoms with Gasteiger partial charge in [-0.25, -0.2) is 0 Å². The second kappa shape index (κ2) is 11.2. The van der Waals surface area contributed by atoms with Crippen LogP contribution in [0.3, 0.4) is 0 Å². The van der Waals surface area contributed by atoms with E-state index in [0.717, 1.165) is 0 Å². The molecule has 0 rings (SSSR count). The molecule has 0 atom stereocenters. The molecule has 0 spiro atoms. The molecule has 11 heavy (non-hydrogen) atoms. The van der Waals surface area contributed by atoms with Gasteiger partial charge < -0.3 is 45.9 Å². The van der Waals surface area contributed by atoms with Crippen LogP contribution in [-0.2, 0) is 0 Å². The van der Waals surface area contributed by atoms with Crippen LogP contribution in [0.15, 0.2) is 0 Å². The topological polar surface area (TPSA) is 86.7 Å². The fraction of sp³-hybridized carbons (Fsp3) is 1.00. The molecule has 0 heterocycles. The van der Waals surface area contributed by atoms with Gasteiger partial charge in [0.15, 0.2) is 0 Å². The van der Waals surface area contributed by atoms with E-state index in [4.69, 9.17) is 21.1 Å². The van der Waals surface area contributed by atoms with Gasteiger partial charge in [0.05, 0.1) is 25.4 Å². The number of hydrogen-bond acceptors (Lipinski definition) is 4. The summed E-state index contributed by atoms with van der Waals surface area (Å²) in [6.45, 7) is -1.21. The summed E-state index contributed by atoms with van der Waals surface area (Å²) in [6.07, 6.45) is 0. The van der Waals surface area contributed by atoms with Crippen molar-refractivity contribution in [3.63, 3.8) is 0 Å². The first-order valence-corrected chi connectivity index (χ1v) is 2.30. The molecule has 0 aliphatic heterocycles. The molecule has 0 aromatic rings. The number of hydrogen-bond donors (Lipinski definition) is 4. The Kier molecular flexibility index (Phi) is 23.1. The van der Waals surface area contributed by atoms with Crippen molar-refractivity contribution in [2.45, 2.75) is 5.54 Å². The first kappa shape index (κ1) is 22.8. The molecule has 0 amide bonds. The molecule has 0 bridgehead atoms. The van der Waals surface area contributed by atoms with Gasteiger partial charge in [-0.2, -0.15) is 0 Å². The number of aliphatic hydroxyl groups excluding tert-OH is 3. The fourth-order valence-electron chi connectivity index (χ4n) is 0.150. The Bertz CT molecular complexity index is 66.1. The van der Waals surface area contributed by atoms with Crippen molar-refractivity contribution in [3.05, 3.63) is 0 Å². The first-order chi connectivity index (χ1) is 3.68. The van der Waals surface area contributed by atoms with Gasteiger partial charge in [-0.1, -0.05) is 0 Å². The molecule has 0 unspecified atom stereocenters. The zero-order chi connectivity index (χ0) is 6.62. The molecule has 7 heteroatoms. The van der Waals surface area contributed by atoms with Crippen molar-refractivity contribution in [1.29, 1.82) is 0 Å². The summed E-state index contributed by atoms with van der Waals surface area (Å²) in [6, 6.07) is 0. The zero-order valence-electron chi connectivity index (χ0n) is 6.00. The molecule has 0 aromatic heterocycles. The second-order valence-electron chi connectivity index (χ2n) is 1.84. The minimum Gasteiger partial charge on any atom is -1.00 e. The SMILES string of the molecule is NC(CO)(CO)CO.[Cl-].[Cl-].[Mg+2]. The van der Waals surface area contributed by atoms with E-state index in [-0.39, 0.29) is 47.9 Å². The average Bonchev–Trinajstić information content (AvgIpc) is 1.87. The van der Waals surface area contributed by atoms with Crippen LogP contribution in [-0.4, -0.2) is 63.7 Å². The molecule has 0 saturated carbocycles. The molecule has 0 aromatic carbocycles. The largest absolute Gasteiger partial charge is 2.00 e. The van der Waals surface area contributed by atoms with E-state index in [1.807, 2.05) is 0 Å². The van der Waals surface area contributed by atoms with Crippen molar-refractivity contribution in [2.75, 3.05) is 19.8 Å². The molecule has 0 fully saturated rings. The van der Waals surface area contributed by atoms with Crippen LogP contribution in [0.5, 0.6) is 0 Å². The number of aliphatic hydroxyl groups is 3. The number of rotatable bonds is 3. The summed E-state index contributed by atoms with van der Waals surface area (Å²) in [7, 11) is 0. The monoisotopic (exact) mass is 215 g/mol. The van der Waals surface area contributed by atoms with Crippen LogP contribution in [0, 0.1) is 0 Å². The Morgan fingerprint density at radius 3 is 1.09 bits per heavy atom. The maximum atomic E-state index is 8.34. The maximum absolute atomic E-state index is 8.34. The van der Waals surface area contributed by atoms with E-state index in [0.29, 0.717) is 0 Å². The Morgan fingerprint density at radius 2 is 1.09 bits per heavy atom. The normalized spacial score (nSPS) is 8.73. The smallest absolute Gasteiger partial charge is 1.00 e. The zero-order valence-corrected chi connectivity index (χ0v) is 8.93. The van der Waals surface area contributed by atoms with Gasteiger partial charge in [0.25, 0.3) is 0 Å². The Hall–Kier alpha value is 1.19. The van der Waals surface area contributed by atoms with Crippen molar-refractivity contribution < 1.29 is 40.1 Å². The number of nitrogens with two attached hydrogens (primary N) is 1. The standard InChI is InChI=1S/C4H11NO3.2ClH.Mg/c5-4(1-6,2-7)3-8;;;/h6-8H,1-3,5H2;2*1H;/q;;;+2/p-2. The predicted molar refractivity (Wildman–Crippen MR) is 33.9 cm³/mol. The van der Waals surface area contributed by atoms with E-state index in [1.165, 1.54) is 0 Å². The van der Waals surface area contributed by atoms with Crippen molar-refractivity contribution in [2.24, 2.45) is 5.73 Å². The molecule has 0 radical (unpaired) electrons. The summed E-state index contributed by atoms with van der Waals surface area (Å²) in [5, 5.41) is 25.0. The van der Waals surface area contributed by atoms with Crippen molar-refractivity contribution >= 4 is 23.1 Å². The Labute approximate surface area is 94.1 Å². The third kappa shape index (κ3) is 9.10. The number of halogens is 2. The third-order valence-corrected chi connectivity index (χ3v) is 0.945. The van der Waals surface area contributed by atoms with E-state index in [2.05, 4.69) is 0 Å². The van der Waals surface area contributed by atoms with E-state index >= 15 is 0 Å². The summed E-state index contributed by atoms with van der Waals surface area (Å²) >= 11 is 0. The molecule has 0 aliphatic carbocycles. The molecule has 0 saturated heterocycles. The van der Waals surface area contributed by atoms with Crippen molar-refractivity contribution in [1.82, 2.24) is 0 Å². The van der Waals surface area contributed by atoms with E-state index in [1.54, 1.807) is 0 Å². The Balaban J connectivity index is -0.0000000817. The van der Waals surface area contributed by atoms with Crippen LogP contribution in [0.2, 0.25) is 0 Å². The minimum absolute atomic E-state index is 0. The predicted octanol–water partition coefficient (Wildman–Crippen LogP) is -8.71. The van der Waals surface area contributed by atoms with Gasteiger partial charge in [0, 0.05) is 0 Å². The Morgan fingerprint density at radius 1 is 0.909 bits per heavy atom. The van der Waals surface area contributed by atoms with Crippen LogP contribution >= 0.6 is 0 Å². The molecule has 4 nitrogen and oxygen atoms in total. The molecule has 5 N–H and O–H groups in total. The van der Waals surface area contributed by atoms with Crippen LogP contribution in [0.1, 0.15) is 0 Å². The molecular formula is C4H11Cl2MgNO3. The van der Waals surface area contributed by atoms with Gasteiger partial charge in [-0.05, 0) is 0 Å². The average molecular weight is 216 g/mol. The van der Waals surface area contributed by atoms with Gasteiger partial charge in [0.2, 0.25) is 0 Å². The van der Waals surface area contributed by atoms with Gasteiger partial charge in [-0.15, -0.1) is 0 Å². The minimum atomic E-state index is -1.21. The summed E-state index contributed by atoms with van der Waals surface area (Å²) in [5.41, 5.74) is 3.94. The molecule has 0 aliphatic rings. The van der Waals surface area contributed by atoms with Crippen LogP contribution < -0.4 is 30.5 Å². The van der Waals surface area contributed by atoms with Gasteiger partial charge in [-0.3, -0.25) is 0 Å². The quantitative estimate of drug-likeness (QED) is 0.353. The molecular weight excluding hydrogens is 205 g/mol. The van der Waals surface area contributed by atoms with E-state index in [9.17, 15) is 0 Å². The summed E-state index contributed by atoms with van der Waals surface area (Å²) < 4.78 is 0. The summed E-state index contributed by atoms with van der Waals surface area (Å²) in [5.74, 6) is 0. The summed E-state index contributed by atoms with van der Waals surface area (Å²) in [4.78, 5) is 0. The second-order valence-corrected chi connectivity index (χ2v) is 1.84. The fourth-order valence-corrected chi connectivity index (χ4v) is 0.150. The van der Waals surface area contributed by atoms with E-state index < -0.39 is 25.4 Å². The van der Waals surface area contributed by atoms with Crippen molar-refractivity contribution in [3.8, 4) is 0 Å². The van der Waals surface area contributed by atoms with Crippen LogP contribution in [0.4, 0.5) is 0 Å². The molecule has 66 valence electrons. The third-order valence-electron chi connectivity index (χ3n) is 0.945.